The Hall–Kier alpha value is -0.910. The largest absolute Gasteiger partial charge is 0.377 e. The molecule has 1 unspecified atom stereocenters. The Morgan fingerprint density at radius 2 is 2.33 bits per heavy atom. The third-order valence-electron chi connectivity index (χ3n) is 2.72. The molecule has 0 amide bonds. The van der Waals surface area contributed by atoms with E-state index in [4.69, 9.17) is 4.74 Å². The molecule has 0 spiro atoms. The molecule has 0 aromatic carbocycles. The van der Waals surface area contributed by atoms with Crippen LogP contribution in [-0.4, -0.2) is 34.7 Å². The normalized spacial score (nSPS) is 13.6. The Bertz CT molecular complexity index is 449. The van der Waals surface area contributed by atoms with E-state index in [1.165, 1.54) is 0 Å². The highest BCUT2D eigenvalue weighted by Gasteiger charge is 2.12. The molecule has 18 heavy (non-hydrogen) atoms. The number of hydrogen-bond acceptors (Lipinski definition) is 4. The van der Waals surface area contributed by atoms with Crippen molar-refractivity contribution >= 4 is 16.3 Å². The summed E-state index contributed by atoms with van der Waals surface area (Å²) in [7, 11) is 0. The first-order valence-electron chi connectivity index (χ1n) is 6.45. The third kappa shape index (κ3) is 3.54. The molecule has 0 radical (unpaired) electrons. The maximum atomic E-state index is 5.69. The fourth-order valence-electron chi connectivity index (χ4n) is 1.91. The number of ether oxygens (including phenoxy) is 1. The fourth-order valence-corrected chi connectivity index (χ4v) is 2.63. The van der Waals surface area contributed by atoms with Crippen LogP contribution in [0.3, 0.4) is 0 Å². The van der Waals surface area contributed by atoms with E-state index in [9.17, 15) is 0 Å². The molecule has 2 rings (SSSR count). The zero-order chi connectivity index (χ0) is 13.0. The first kappa shape index (κ1) is 13.5. The lowest BCUT2D eigenvalue weighted by Gasteiger charge is -2.18. The maximum Gasteiger partial charge on any atom is 0.193 e. The van der Waals surface area contributed by atoms with Gasteiger partial charge in [-0.25, -0.2) is 4.98 Å². The lowest BCUT2D eigenvalue weighted by molar-refractivity contribution is 0.0614. The van der Waals surface area contributed by atoms with Crippen LogP contribution in [0.1, 0.15) is 26.5 Å². The van der Waals surface area contributed by atoms with E-state index in [0.29, 0.717) is 6.04 Å². The SMILES string of the molecule is CCNC(COC(C)C)Cc1cn2ccsc2n1. The Labute approximate surface area is 112 Å². The van der Waals surface area contributed by atoms with Crippen molar-refractivity contribution in [3.8, 4) is 0 Å². The number of imidazole rings is 1. The molecule has 0 aliphatic rings. The van der Waals surface area contributed by atoms with Crippen LogP contribution in [0.4, 0.5) is 0 Å². The van der Waals surface area contributed by atoms with E-state index in [-0.39, 0.29) is 6.10 Å². The van der Waals surface area contributed by atoms with Crippen LogP contribution >= 0.6 is 11.3 Å². The Morgan fingerprint density at radius 1 is 1.50 bits per heavy atom. The first-order chi connectivity index (χ1) is 8.69. The predicted molar refractivity (Wildman–Crippen MR) is 75.3 cm³/mol. The molecule has 0 aliphatic heterocycles. The number of likely N-dealkylation sites (N-methyl/N-ethyl adjacent to an activating group) is 1. The number of aromatic nitrogens is 2. The van der Waals surface area contributed by atoms with E-state index in [2.05, 4.69) is 47.0 Å². The minimum atomic E-state index is 0.275. The summed E-state index contributed by atoms with van der Waals surface area (Å²) in [5.41, 5.74) is 1.13. The number of nitrogens with one attached hydrogen (secondary N) is 1. The van der Waals surface area contributed by atoms with Gasteiger partial charge in [0.25, 0.3) is 0 Å². The average molecular weight is 267 g/mol. The van der Waals surface area contributed by atoms with Crippen LogP contribution < -0.4 is 5.32 Å². The second kappa shape index (κ2) is 6.31. The molecule has 0 bridgehead atoms. The highest BCUT2D eigenvalue weighted by Crippen LogP contribution is 2.12. The molecule has 5 heteroatoms. The van der Waals surface area contributed by atoms with Gasteiger partial charge in [0, 0.05) is 30.2 Å². The number of rotatable bonds is 7. The minimum absolute atomic E-state index is 0.275. The predicted octanol–water partition coefficient (Wildman–Crippen LogP) is 2.34. The van der Waals surface area contributed by atoms with Gasteiger partial charge in [0.1, 0.15) is 0 Å². The number of hydrogen-bond donors (Lipinski definition) is 1. The van der Waals surface area contributed by atoms with Gasteiger partial charge in [0.05, 0.1) is 18.4 Å². The molecule has 0 saturated carbocycles. The molecule has 0 fully saturated rings. The number of thiazole rings is 1. The summed E-state index contributed by atoms with van der Waals surface area (Å²) in [5, 5.41) is 5.50. The van der Waals surface area contributed by atoms with Gasteiger partial charge in [-0.3, -0.25) is 4.40 Å². The van der Waals surface area contributed by atoms with Crippen molar-refractivity contribution in [1.82, 2.24) is 14.7 Å². The minimum Gasteiger partial charge on any atom is -0.377 e. The van der Waals surface area contributed by atoms with Crippen molar-refractivity contribution in [3.05, 3.63) is 23.5 Å². The van der Waals surface area contributed by atoms with Crippen molar-refractivity contribution in [2.45, 2.75) is 39.3 Å². The van der Waals surface area contributed by atoms with E-state index < -0.39 is 0 Å². The lowest BCUT2D eigenvalue weighted by Crippen LogP contribution is -2.36. The van der Waals surface area contributed by atoms with E-state index in [1.54, 1.807) is 11.3 Å². The molecule has 0 aliphatic carbocycles. The summed E-state index contributed by atoms with van der Waals surface area (Å²) in [6.45, 7) is 7.93. The van der Waals surface area contributed by atoms with Crippen LogP contribution in [0.5, 0.6) is 0 Å². The van der Waals surface area contributed by atoms with Gasteiger partial charge in [-0.05, 0) is 20.4 Å². The summed E-state index contributed by atoms with van der Waals surface area (Å²) in [6.07, 6.45) is 5.33. The van der Waals surface area contributed by atoms with Gasteiger partial charge in [-0.15, -0.1) is 11.3 Å². The third-order valence-corrected chi connectivity index (χ3v) is 3.49. The quantitative estimate of drug-likeness (QED) is 0.837. The van der Waals surface area contributed by atoms with E-state index >= 15 is 0 Å². The van der Waals surface area contributed by atoms with Crippen molar-refractivity contribution in [1.29, 1.82) is 0 Å². The maximum absolute atomic E-state index is 5.69. The second-order valence-electron chi connectivity index (χ2n) is 4.67. The first-order valence-corrected chi connectivity index (χ1v) is 7.33. The molecule has 4 nitrogen and oxygen atoms in total. The van der Waals surface area contributed by atoms with Crippen LogP contribution in [0.15, 0.2) is 17.8 Å². The highest BCUT2D eigenvalue weighted by molar-refractivity contribution is 7.15. The van der Waals surface area contributed by atoms with Gasteiger partial charge in [-0.1, -0.05) is 6.92 Å². The monoisotopic (exact) mass is 267 g/mol. The molecule has 100 valence electrons. The Kier molecular flexibility index (Phi) is 4.74. The van der Waals surface area contributed by atoms with Gasteiger partial charge in [0.15, 0.2) is 4.96 Å². The van der Waals surface area contributed by atoms with E-state index in [1.807, 2.05) is 6.20 Å². The molecule has 2 heterocycles. The summed E-state index contributed by atoms with van der Waals surface area (Å²) in [5.74, 6) is 0. The van der Waals surface area contributed by atoms with Crippen LogP contribution in [0, 0.1) is 0 Å². The topological polar surface area (TPSA) is 38.6 Å². The molecule has 2 aromatic heterocycles. The average Bonchev–Trinajstić information content (AvgIpc) is 2.86. The second-order valence-corrected chi connectivity index (χ2v) is 5.54. The fraction of sp³-hybridized carbons (Fsp3) is 0.615. The lowest BCUT2D eigenvalue weighted by atomic mass is 10.2. The van der Waals surface area contributed by atoms with Gasteiger partial charge in [0.2, 0.25) is 0 Å². The van der Waals surface area contributed by atoms with Crippen molar-refractivity contribution in [2.24, 2.45) is 0 Å². The zero-order valence-electron chi connectivity index (χ0n) is 11.2. The molecule has 0 saturated heterocycles. The molecule has 1 atom stereocenters. The Morgan fingerprint density at radius 3 is 3.00 bits per heavy atom. The van der Waals surface area contributed by atoms with Gasteiger partial charge in [-0.2, -0.15) is 0 Å². The summed E-state index contributed by atoms with van der Waals surface area (Å²) >= 11 is 1.67. The summed E-state index contributed by atoms with van der Waals surface area (Å²) < 4.78 is 7.77. The van der Waals surface area contributed by atoms with Crippen molar-refractivity contribution < 1.29 is 4.74 Å². The molecule has 1 N–H and O–H groups in total. The number of nitrogens with zero attached hydrogens (tertiary/aromatic N) is 2. The van der Waals surface area contributed by atoms with Crippen LogP contribution in [0.2, 0.25) is 0 Å². The zero-order valence-corrected chi connectivity index (χ0v) is 12.0. The van der Waals surface area contributed by atoms with Crippen LogP contribution in [0.25, 0.3) is 4.96 Å². The Balaban J connectivity index is 1.96. The number of fused-ring (bicyclic) bond motifs is 1. The van der Waals surface area contributed by atoms with E-state index in [0.717, 1.165) is 30.2 Å². The van der Waals surface area contributed by atoms with Crippen LogP contribution in [-0.2, 0) is 11.2 Å². The van der Waals surface area contributed by atoms with Crippen molar-refractivity contribution in [3.63, 3.8) is 0 Å². The van der Waals surface area contributed by atoms with Gasteiger partial charge >= 0.3 is 0 Å². The molecule has 2 aromatic rings. The highest BCUT2D eigenvalue weighted by atomic mass is 32.1. The van der Waals surface area contributed by atoms with Gasteiger partial charge < -0.3 is 10.1 Å². The molecular weight excluding hydrogens is 246 g/mol. The standard InChI is InChI=1S/C13H21N3OS/c1-4-14-12(9-17-10(2)3)7-11-8-16-5-6-18-13(16)15-11/h5-6,8,10,12,14H,4,7,9H2,1-3H3. The summed E-state index contributed by atoms with van der Waals surface area (Å²) in [4.78, 5) is 5.67. The van der Waals surface area contributed by atoms with Crippen molar-refractivity contribution in [2.75, 3.05) is 13.2 Å². The summed E-state index contributed by atoms with van der Waals surface area (Å²) in [6, 6.07) is 0.335. The smallest absolute Gasteiger partial charge is 0.193 e. The molecular formula is C13H21N3OS.